The van der Waals surface area contributed by atoms with Crippen LogP contribution in [0, 0.1) is 17.5 Å². The van der Waals surface area contributed by atoms with Crippen molar-refractivity contribution in [3.05, 3.63) is 72.0 Å². The summed E-state index contributed by atoms with van der Waals surface area (Å²) in [5, 5.41) is 0. The predicted molar refractivity (Wildman–Crippen MR) is 112 cm³/mol. The van der Waals surface area contributed by atoms with Crippen molar-refractivity contribution < 1.29 is 30.8 Å². The highest BCUT2D eigenvalue weighted by Crippen LogP contribution is 2.27. The molecule has 1 fully saturated rings. The maximum Gasteiger partial charge on any atom is 0.243 e. The summed E-state index contributed by atoms with van der Waals surface area (Å²) < 4.78 is 73.2. The normalized spacial score (nSPS) is 15.1. The Morgan fingerprint density at radius 2 is 1.67 bits per heavy atom. The number of aromatic nitrogens is 1. The molecule has 11 heteroatoms. The minimum Gasteiger partial charge on any atom is -0.441 e. The van der Waals surface area contributed by atoms with Crippen LogP contribution in [0.3, 0.4) is 0 Å². The lowest BCUT2D eigenvalue weighted by atomic mass is 10.1. The Labute approximate surface area is 188 Å². The summed E-state index contributed by atoms with van der Waals surface area (Å²) in [5.74, 6) is -2.33. The van der Waals surface area contributed by atoms with Gasteiger partial charge in [0.1, 0.15) is 17.5 Å². The van der Waals surface area contributed by atoms with Gasteiger partial charge in [0, 0.05) is 39.0 Å². The third-order valence-corrected chi connectivity index (χ3v) is 7.24. The van der Waals surface area contributed by atoms with Crippen LogP contribution in [-0.4, -0.2) is 54.7 Å². The van der Waals surface area contributed by atoms with Gasteiger partial charge in [-0.05, 0) is 30.3 Å². The lowest BCUT2D eigenvalue weighted by Crippen LogP contribution is -2.50. The zero-order chi connectivity index (χ0) is 23.6. The number of rotatable bonds is 6. The molecule has 1 amide bonds. The molecule has 0 saturated carbocycles. The minimum absolute atomic E-state index is 0.0380. The van der Waals surface area contributed by atoms with Crippen LogP contribution in [0.4, 0.5) is 13.2 Å². The van der Waals surface area contributed by atoms with E-state index in [0.717, 1.165) is 18.2 Å². The van der Waals surface area contributed by atoms with Crippen molar-refractivity contribution in [1.82, 2.24) is 14.2 Å². The number of hydrogen-bond donors (Lipinski definition) is 0. The molecule has 33 heavy (non-hydrogen) atoms. The van der Waals surface area contributed by atoms with Crippen LogP contribution in [-0.2, 0) is 21.2 Å². The van der Waals surface area contributed by atoms with Crippen LogP contribution in [0.2, 0.25) is 0 Å². The summed E-state index contributed by atoms with van der Waals surface area (Å²) in [5.41, 5.74) is -0.321. The van der Waals surface area contributed by atoms with E-state index in [4.69, 9.17) is 4.42 Å². The Morgan fingerprint density at radius 1 is 1.00 bits per heavy atom. The number of carbonyl (C=O) groups excluding carboxylic acids is 1. The topological polar surface area (TPSA) is 83.7 Å². The third kappa shape index (κ3) is 4.93. The molecule has 1 aromatic heterocycles. The van der Waals surface area contributed by atoms with E-state index in [0.29, 0.717) is 0 Å². The standard InChI is InChI=1S/C22H20F3N3O4S/c23-15-3-1-4-16(13-15)33(30,31)28-11-9-27(10-12-28)21(29)8-7-20-26-14-19(32-20)22-17(24)5-2-6-18(22)25/h1-6,13-14H,7-12H2. The Bertz CT molecular complexity index is 1250. The van der Waals surface area contributed by atoms with Gasteiger partial charge in [0.05, 0.1) is 16.7 Å². The highest BCUT2D eigenvalue weighted by Gasteiger charge is 2.30. The molecular weight excluding hydrogens is 459 g/mol. The number of benzene rings is 2. The van der Waals surface area contributed by atoms with Gasteiger partial charge in [-0.3, -0.25) is 4.79 Å². The number of oxazole rings is 1. The van der Waals surface area contributed by atoms with Gasteiger partial charge in [0.2, 0.25) is 15.9 Å². The average Bonchev–Trinajstić information content (AvgIpc) is 3.26. The molecule has 7 nitrogen and oxygen atoms in total. The van der Waals surface area contributed by atoms with Crippen LogP contribution in [0.1, 0.15) is 12.3 Å². The summed E-state index contributed by atoms with van der Waals surface area (Å²) in [6.45, 7) is 0.538. The van der Waals surface area contributed by atoms with Crippen molar-refractivity contribution in [3.8, 4) is 11.3 Å². The van der Waals surface area contributed by atoms with Crippen molar-refractivity contribution in [2.45, 2.75) is 17.7 Å². The van der Waals surface area contributed by atoms with Gasteiger partial charge >= 0.3 is 0 Å². The fraction of sp³-hybridized carbons (Fsp3) is 0.273. The van der Waals surface area contributed by atoms with Crippen LogP contribution < -0.4 is 0 Å². The second-order valence-electron chi connectivity index (χ2n) is 7.46. The first-order valence-corrected chi connectivity index (χ1v) is 11.6. The lowest BCUT2D eigenvalue weighted by Gasteiger charge is -2.34. The first-order chi connectivity index (χ1) is 15.8. The molecule has 0 spiro atoms. The van der Waals surface area contributed by atoms with Crippen LogP contribution in [0.5, 0.6) is 0 Å². The predicted octanol–water partition coefficient (Wildman–Crippen LogP) is 3.22. The quantitative estimate of drug-likeness (QED) is 0.542. The highest BCUT2D eigenvalue weighted by atomic mass is 32.2. The summed E-state index contributed by atoms with van der Waals surface area (Å²) in [4.78, 5) is 17.9. The molecule has 0 unspecified atom stereocenters. The molecule has 2 heterocycles. The van der Waals surface area contributed by atoms with Gasteiger partial charge in [-0.1, -0.05) is 12.1 Å². The number of halogens is 3. The van der Waals surface area contributed by atoms with Gasteiger partial charge in [0.25, 0.3) is 0 Å². The summed E-state index contributed by atoms with van der Waals surface area (Å²) in [6.07, 6.45) is 1.37. The van der Waals surface area contributed by atoms with Crippen molar-refractivity contribution in [2.24, 2.45) is 0 Å². The van der Waals surface area contributed by atoms with Crippen molar-refractivity contribution in [2.75, 3.05) is 26.2 Å². The number of piperazine rings is 1. The Hall–Kier alpha value is -3.18. The van der Waals surface area contributed by atoms with E-state index in [1.165, 1.54) is 39.7 Å². The molecule has 2 aromatic carbocycles. The van der Waals surface area contributed by atoms with Gasteiger partial charge in [-0.15, -0.1) is 0 Å². The molecule has 0 radical (unpaired) electrons. The largest absolute Gasteiger partial charge is 0.441 e. The molecule has 0 bridgehead atoms. The van der Waals surface area contributed by atoms with Gasteiger partial charge < -0.3 is 9.32 Å². The Morgan fingerprint density at radius 3 is 2.33 bits per heavy atom. The number of carbonyl (C=O) groups is 1. The van der Waals surface area contributed by atoms with E-state index in [-0.39, 0.29) is 67.0 Å². The number of hydrogen-bond acceptors (Lipinski definition) is 5. The molecule has 0 aliphatic carbocycles. The van der Waals surface area contributed by atoms with Crippen LogP contribution in [0.15, 0.2) is 58.0 Å². The van der Waals surface area contributed by atoms with E-state index < -0.39 is 27.5 Å². The van der Waals surface area contributed by atoms with E-state index in [1.54, 1.807) is 0 Å². The molecule has 1 saturated heterocycles. The monoisotopic (exact) mass is 479 g/mol. The minimum atomic E-state index is -3.85. The SMILES string of the molecule is O=C(CCc1ncc(-c2c(F)cccc2F)o1)N1CCN(S(=O)(=O)c2cccc(F)c2)CC1. The zero-order valence-electron chi connectivity index (χ0n) is 17.4. The first kappa shape index (κ1) is 23.0. The van der Waals surface area contributed by atoms with Crippen molar-refractivity contribution in [3.63, 3.8) is 0 Å². The van der Waals surface area contributed by atoms with Crippen LogP contribution in [0.25, 0.3) is 11.3 Å². The van der Waals surface area contributed by atoms with Gasteiger partial charge in [0.15, 0.2) is 11.7 Å². The summed E-state index contributed by atoms with van der Waals surface area (Å²) in [6, 6.07) is 8.25. The first-order valence-electron chi connectivity index (χ1n) is 10.2. The average molecular weight is 479 g/mol. The lowest BCUT2D eigenvalue weighted by molar-refractivity contribution is -0.132. The number of nitrogens with zero attached hydrogens (tertiary/aromatic N) is 3. The molecule has 1 aliphatic heterocycles. The summed E-state index contributed by atoms with van der Waals surface area (Å²) >= 11 is 0. The Balaban J connectivity index is 1.33. The van der Waals surface area contributed by atoms with E-state index in [2.05, 4.69) is 4.98 Å². The van der Waals surface area contributed by atoms with Crippen LogP contribution >= 0.6 is 0 Å². The fourth-order valence-corrected chi connectivity index (χ4v) is 5.06. The second-order valence-corrected chi connectivity index (χ2v) is 9.40. The molecular formula is C22H20F3N3O4S. The van der Waals surface area contributed by atoms with Gasteiger partial charge in [-0.2, -0.15) is 4.31 Å². The third-order valence-electron chi connectivity index (χ3n) is 5.34. The smallest absolute Gasteiger partial charge is 0.243 e. The summed E-state index contributed by atoms with van der Waals surface area (Å²) in [7, 11) is -3.85. The maximum atomic E-state index is 13.9. The molecule has 3 aromatic rings. The van der Waals surface area contributed by atoms with Crippen molar-refractivity contribution >= 4 is 15.9 Å². The second kappa shape index (κ2) is 9.36. The molecule has 4 rings (SSSR count). The highest BCUT2D eigenvalue weighted by molar-refractivity contribution is 7.89. The fourth-order valence-electron chi connectivity index (χ4n) is 3.60. The zero-order valence-corrected chi connectivity index (χ0v) is 18.2. The van der Waals surface area contributed by atoms with Crippen molar-refractivity contribution in [1.29, 1.82) is 0 Å². The molecule has 0 N–H and O–H groups in total. The number of aryl methyl sites for hydroxylation is 1. The van der Waals surface area contributed by atoms with Gasteiger partial charge in [-0.25, -0.2) is 26.6 Å². The Kier molecular flexibility index (Phi) is 6.52. The van der Waals surface area contributed by atoms with E-state index in [1.807, 2.05) is 0 Å². The maximum absolute atomic E-state index is 13.9. The molecule has 1 aliphatic rings. The van der Waals surface area contributed by atoms with E-state index in [9.17, 15) is 26.4 Å². The number of sulfonamides is 1. The van der Waals surface area contributed by atoms with E-state index >= 15 is 0 Å². The molecule has 174 valence electrons. The number of amides is 1. The molecule has 0 atom stereocenters.